The predicted octanol–water partition coefficient (Wildman–Crippen LogP) is 1.49. The number of piperazine rings is 1. The first-order chi connectivity index (χ1) is 13.5. The molecule has 0 spiro atoms. The zero-order valence-corrected chi connectivity index (χ0v) is 15.7. The Bertz CT molecular complexity index is 1040. The first kappa shape index (κ1) is 18.0. The fraction of sp³-hybridized carbons (Fsp3) is 0.316. The lowest BCUT2D eigenvalue weighted by molar-refractivity contribution is 0.523. The van der Waals surface area contributed by atoms with E-state index >= 15 is 0 Å². The second kappa shape index (κ2) is 7.34. The van der Waals surface area contributed by atoms with Crippen molar-refractivity contribution >= 4 is 11.9 Å². The van der Waals surface area contributed by atoms with Crippen LogP contribution >= 0.6 is 0 Å². The van der Waals surface area contributed by atoms with Crippen molar-refractivity contribution in [2.24, 2.45) is 7.05 Å². The van der Waals surface area contributed by atoms with Crippen molar-refractivity contribution in [2.75, 3.05) is 29.4 Å². The van der Waals surface area contributed by atoms with Crippen LogP contribution in [0.15, 0.2) is 47.8 Å². The topological polar surface area (TPSA) is 80.0 Å². The second-order valence-corrected chi connectivity index (χ2v) is 6.73. The van der Waals surface area contributed by atoms with Crippen LogP contribution in [-0.2, 0) is 7.05 Å². The minimum atomic E-state index is -0.506. The third-order valence-corrected chi connectivity index (χ3v) is 4.88. The van der Waals surface area contributed by atoms with Crippen LogP contribution in [0.25, 0.3) is 11.3 Å². The highest BCUT2D eigenvalue weighted by Crippen LogP contribution is 2.24. The summed E-state index contributed by atoms with van der Waals surface area (Å²) in [4.78, 5) is 33.7. The average Bonchev–Trinajstić information content (AvgIpc) is 2.71. The summed E-state index contributed by atoms with van der Waals surface area (Å²) in [7, 11) is 1.68. The van der Waals surface area contributed by atoms with Crippen molar-refractivity contribution in [3.63, 3.8) is 0 Å². The highest BCUT2D eigenvalue weighted by molar-refractivity contribution is 5.60. The van der Waals surface area contributed by atoms with E-state index in [0.717, 1.165) is 6.20 Å². The molecule has 1 fully saturated rings. The van der Waals surface area contributed by atoms with Gasteiger partial charge < -0.3 is 9.80 Å². The van der Waals surface area contributed by atoms with Crippen LogP contribution in [0.2, 0.25) is 0 Å². The van der Waals surface area contributed by atoms with E-state index in [9.17, 15) is 9.18 Å². The van der Waals surface area contributed by atoms with Gasteiger partial charge in [-0.25, -0.2) is 19.3 Å². The van der Waals surface area contributed by atoms with Gasteiger partial charge in [-0.05, 0) is 19.1 Å². The summed E-state index contributed by atoms with van der Waals surface area (Å²) in [6, 6.07) is 4.72. The summed E-state index contributed by atoms with van der Waals surface area (Å²) < 4.78 is 15.6. The molecule has 1 aliphatic heterocycles. The molecule has 144 valence electrons. The fourth-order valence-corrected chi connectivity index (χ4v) is 3.40. The summed E-state index contributed by atoms with van der Waals surface area (Å²) >= 11 is 0. The highest BCUT2D eigenvalue weighted by atomic mass is 19.1. The van der Waals surface area contributed by atoms with Crippen LogP contribution in [-0.4, -0.2) is 50.2 Å². The van der Waals surface area contributed by atoms with Gasteiger partial charge in [-0.15, -0.1) is 0 Å². The molecule has 1 aliphatic rings. The van der Waals surface area contributed by atoms with E-state index in [1.165, 1.54) is 22.9 Å². The Morgan fingerprint density at radius 3 is 2.68 bits per heavy atom. The molecule has 8 nitrogen and oxygen atoms in total. The Labute approximate surface area is 161 Å². The zero-order chi connectivity index (χ0) is 19.7. The maximum absolute atomic E-state index is 14.2. The minimum absolute atomic E-state index is 0.0631. The van der Waals surface area contributed by atoms with Crippen LogP contribution in [0.5, 0.6) is 0 Å². The summed E-state index contributed by atoms with van der Waals surface area (Å²) in [5, 5.41) is 0. The predicted molar refractivity (Wildman–Crippen MR) is 104 cm³/mol. The van der Waals surface area contributed by atoms with Gasteiger partial charge in [0.1, 0.15) is 0 Å². The van der Waals surface area contributed by atoms with Crippen molar-refractivity contribution in [3.05, 3.63) is 59.2 Å². The van der Waals surface area contributed by atoms with Gasteiger partial charge >= 0.3 is 0 Å². The molecule has 0 aromatic carbocycles. The molecule has 9 heteroatoms. The standard InChI is InChI=1S/C19H20FN7O/c1-13-12-26(18-22-5-3-6-23-18)8-9-27(13)19-24-16(10-17(28)25(19)2)14-4-7-21-11-15(14)20/h3-7,10-11,13H,8-9,12H2,1-2H3/t13-/m1/s1. The maximum atomic E-state index is 14.2. The van der Waals surface area contributed by atoms with Crippen molar-refractivity contribution in [1.82, 2.24) is 24.5 Å². The Morgan fingerprint density at radius 2 is 1.96 bits per heavy atom. The van der Waals surface area contributed by atoms with Gasteiger partial charge in [-0.3, -0.25) is 14.3 Å². The second-order valence-electron chi connectivity index (χ2n) is 6.73. The summed E-state index contributed by atoms with van der Waals surface area (Å²) in [6.07, 6.45) is 6.04. The third-order valence-electron chi connectivity index (χ3n) is 4.88. The molecule has 1 saturated heterocycles. The molecule has 4 heterocycles. The molecule has 0 unspecified atom stereocenters. The van der Waals surface area contributed by atoms with Gasteiger partial charge in [-0.1, -0.05) is 0 Å². The maximum Gasteiger partial charge on any atom is 0.255 e. The third kappa shape index (κ3) is 3.30. The first-order valence-electron chi connectivity index (χ1n) is 9.01. The molecule has 0 saturated carbocycles. The highest BCUT2D eigenvalue weighted by Gasteiger charge is 2.28. The zero-order valence-electron chi connectivity index (χ0n) is 15.7. The van der Waals surface area contributed by atoms with Crippen molar-refractivity contribution in [1.29, 1.82) is 0 Å². The molecule has 0 N–H and O–H groups in total. The molecular formula is C19H20FN7O. The Kier molecular flexibility index (Phi) is 4.72. The molecule has 4 rings (SSSR count). The van der Waals surface area contributed by atoms with E-state index < -0.39 is 5.82 Å². The smallest absolute Gasteiger partial charge is 0.255 e. The van der Waals surface area contributed by atoms with Crippen LogP contribution in [0.1, 0.15) is 6.92 Å². The van der Waals surface area contributed by atoms with Crippen molar-refractivity contribution in [2.45, 2.75) is 13.0 Å². The number of rotatable bonds is 3. The van der Waals surface area contributed by atoms with Gasteiger partial charge in [0.2, 0.25) is 11.9 Å². The van der Waals surface area contributed by atoms with Crippen LogP contribution in [0.3, 0.4) is 0 Å². The first-order valence-corrected chi connectivity index (χ1v) is 9.01. The molecule has 0 aliphatic carbocycles. The summed E-state index contributed by atoms with van der Waals surface area (Å²) in [6.45, 7) is 4.08. The number of nitrogens with zero attached hydrogens (tertiary/aromatic N) is 7. The van der Waals surface area contributed by atoms with Gasteiger partial charge in [0.15, 0.2) is 5.82 Å². The molecule has 3 aromatic rings. The number of halogens is 1. The number of hydrogen-bond donors (Lipinski definition) is 0. The van der Waals surface area contributed by atoms with E-state index in [2.05, 4.69) is 36.7 Å². The number of hydrogen-bond acceptors (Lipinski definition) is 7. The molecule has 28 heavy (non-hydrogen) atoms. The van der Waals surface area contributed by atoms with Gasteiger partial charge in [0.25, 0.3) is 5.56 Å². The Balaban J connectivity index is 1.66. The number of aromatic nitrogens is 5. The largest absolute Gasteiger partial charge is 0.337 e. The number of pyridine rings is 1. The normalized spacial score (nSPS) is 17.0. The van der Waals surface area contributed by atoms with Crippen LogP contribution in [0, 0.1) is 5.82 Å². The van der Waals surface area contributed by atoms with E-state index in [0.29, 0.717) is 37.2 Å². The Hall–Kier alpha value is -3.36. The van der Waals surface area contributed by atoms with Crippen molar-refractivity contribution in [3.8, 4) is 11.3 Å². The minimum Gasteiger partial charge on any atom is -0.337 e. The summed E-state index contributed by atoms with van der Waals surface area (Å²) in [5.74, 6) is 0.691. The van der Waals surface area contributed by atoms with Crippen LogP contribution < -0.4 is 15.4 Å². The fourth-order valence-electron chi connectivity index (χ4n) is 3.40. The van der Waals surface area contributed by atoms with E-state index in [1.807, 2.05) is 0 Å². The molecule has 0 amide bonds. The SMILES string of the molecule is C[C@@H]1CN(c2ncccn2)CCN1c1nc(-c2ccncc2F)cc(=O)n1C. The lowest BCUT2D eigenvalue weighted by Gasteiger charge is -2.40. The quantitative estimate of drug-likeness (QED) is 0.680. The van der Waals surface area contributed by atoms with Crippen LogP contribution in [0.4, 0.5) is 16.3 Å². The number of anilines is 2. The molecule has 3 aromatic heterocycles. The molecular weight excluding hydrogens is 361 g/mol. The van der Waals surface area contributed by atoms with E-state index in [-0.39, 0.29) is 17.2 Å². The Morgan fingerprint density at radius 1 is 1.18 bits per heavy atom. The average molecular weight is 381 g/mol. The lowest BCUT2D eigenvalue weighted by atomic mass is 10.1. The van der Waals surface area contributed by atoms with Crippen molar-refractivity contribution < 1.29 is 4.39 Å². The lowest BCUT2D eigenvalue weighted by Crippen LogP contribution is -2.54. The monoisotopic (exact) mass is 381 g/mol. The summed E-state index contributed by atoms with van der Waals surface area (Å²) in [5.41, 5.74) is 0.328. The van der Waals surface area contributed by atoms with Gasteiger partial charge in [0, 0.05) is 62.9 Å². The van der Waals surface area contributed by atoms with Gasteiger partial charge in [0.05, 0.1) is 11.9 Å². The molecule has 0 bridgehead atoms. The van der Waals surface area contributed by atoms with Gasteiger partial charge in [-0.2, -0.15) is 0 Å². The molecule has 0 radical (unpaired) electrons. The van der Waals surface area contributed by atoms with E-state index in [1.54, 1.807) is 25.5 Å². The van der Waals surface area contributed by atoms with E-state index in [4.69, 9.17) is 0 Å². The molecule has 1 atom stereocenters.